The molecule has 1 saturated heterocycles. The third-order valence-electron chi connectivity index (χ3n) is 6.15. The van der Waals surface area contributed by atoms with E-state index in [4.69, 9.17) is 14.2 Å². The van der Waals surface area contributed by atoms with Gasteiger partial charge in [-0.1, -0.05) is 12.1 Å². The van der Waals surface area contributed by atoms with E-state index in [1.165, 1.54) is 12.6 Å². The van der Waals surface area contributed by atoms with Gasteiger partial charge in [-0.25, -0.2) is 0 Å². The van der Waals surface area contributed by atoms with Crippen LogP contribution in [0.15, 0.2) is 30.3 Å². The fourth-order valence-electron chi connectivity index (χ4n) is 4.19. The highest BCUT2D eigenvalue weighted by molar-refractivity contribution is 5.85. The molecule has 0 bridgehead atoms. The standard InChI is InChI=1S/C26H36N2O4.ClH/c1-19-18-25(20(2)21(3)26(19)32-22(4)29)31-17-9-8-12-27-13-15-28(16-14-27)23-10-6-7-11-24(23)30-5;/h6-7,10-11,18H,8-9,12-17H2,1-5H3;1H. The lowest BCUT2D eigenvalue weighted by molar-refractivity contribution is -0.131. The van der Waals surface area contributed by atoms with Crippen molar-refractivity contribution in [2.45, 2.75) is 40.5 Å². The maximum Gasteiger partial charge on any atom is 0.308 e. The van der Waals surface area contributed by atoms with E-state index in [1.54, 1.807) is 7.11 Å². The van der Waals surface area contributed by atoms with Crippen LogP contribution in [0.25, 0.3) is 0 Å². The average molecular weight is 477 g/mol. The first-order chi connectivity index (χ1) is 15.4. The molecule has 6 nitrogen and oxygen atoms in total. The monoisotopic (exact) mass is 476 g/mol. The average Bonchev–Trinajstić information content (AvgIpc) is 2.80. The Balaban J connectivity index is 0.00000385. The van der Waals surface area contributed by atoms with E-state index in [0.717, 1.165) is 73.8 Å². The Hall–Kier alpha value is -2.44. The largest absolute Gasteiger partial charge is 0.495 e. The number of ether oxygens (including phenoxy) is 3. The molecule has 0 unspecified atom stereocenters. The van der Waals surface area contributed by atoms with Gasteiger partial charge >= 0.3 is 5.97 Å². The third kappa shape index (κ3) is 7.02. The van der Waals surface area contributed by atoms with Crippen molar-refractivity contribution < 1.29 is 19.0 Å². The molecule has 182 valence electrons. The molecule has 0 spiro atoms. The van der Waals surface area contributed by atoms with Crippen LogP contribution in [-0.2, 0) is 4.79 Å². The number of rotatable bonds is 9. The number of nitrogens with zero attached hydrogens (tertiary/aromatic N) is 2. The summed E-state index contributed by atoms with van der Waals surface area (Å²) < 4.78 is 16.9. The molecule has 1 aliphatic rings. The van der Waals surface area contributed by atoms with Crippen molar-refractivity contribution in [3.8, 4) is 17.2 Å². The zero-order chi connectivity index (χ0) is 23.1. The molecule has 1 heterocycles. The van der Waals surface area contributed by atoms with E-state index in [1.807, 2.05) is 39.0 Å². The molecule has 33 heavy (non-hydrogen) atoms. The van der Waals surface area contributed by atoms with Gasteiger partial charge in [0.05, 0.1) is 19.4 Å². The number of anilines is 1. The summed E-state index contributed by atoms with van der Waals surface area (Å²) in [7, 11) is 1.73. The molecule has 0 saturated carbocycles. The third-order valence-corrected chi connectivity index (χ3v) is 6.15. The number of halogens is 1. The molecule has 3 rings (SSSR count). The molecular weight excluding hydrogens is 440 g/mol. The van der Waals surface area contributed by atoms with Crippen molar-refractivity contribution in [3.63, 3.8) is 0 Å². The maximum absolute atomic E-state index is 11.3. The number of carbonyl (C=O) groups is 1. The van der Waals surface area contributed by atoms with Crippen LogP contribution in [0.4, 0.5) is 5.69 Å². The second-order valence-electron chi connectivity index (χ2n) is 8.42. The molecule has 0 atom stereocenters. The van der Waals surface area contributed by atoms with E-state index in [0.29, 0.717) is 12.4 Å². The Morgan fingerprint density at radius 3 is 2.33 bits per heavy atom. The lowest BCUT2D eigenvalue weighted by atomic mass is 10.0. The van der Waals surface area contributed by atoms with E-state index >= 15 is 0 Å². The number of unbranched alkanes of at least 4 members (excludes halogenated alkanes) is 1. The second-order valence-corrected chi connectivity index (χ2v) is 8.42. The molecular formula is C26H37ClN2O4. The van der Waals surface area contributed by atoms with E-state index in [9.17, 15) is 4.79 Å². The van der Waals surface area contributed by atoms with Crippen LogP contribution in [-0.4, -0.2) is 57.3 Å². The molecule has 1 aliphatic heterocycles. The zero-order valence-electron chi connectivity index (χ0n) is 20.5. The first kappa shape index (κ1) is 26.8. The number of para-hydroxylation sites is 2. The van der Waals surface area contributed by atoms with Crippen LogP contribution in [0.3, 0.4) is 0 Å². The minimum Gasteiger partial charge on any atom is -0.495 e. The van der Waals surface area contributed by atoms with Gasteiger partial charge in [0.15, 0.2) is 0 Å². The lowest BCUT2D eigenvalue weighted by Crippen LogP contribution is -2.46. The fraction of sp³-hybridized carbons (Fsp3) is 0.500. The summed E-state index contributed by atoms with van der Waals surface area (Å²) in [5.74, 6) is 2.17. The SMILES string of the molecule is COc1ccccc1N1CCN(CCCCOc2cc(C)c(OC(C)=O)c(C)c2C)CC1.Cl. The van der Waals surface area contributed by atoms with E-state index in [2.05, 4.69) is 21.9 Å². The van der Waals surface area contributed by atoms with Gasteiger partial charge in [-0.05, 0) is 75.0 Å². The molecule has 0 amide bonds. The smallest absolute Gasteiger partial charge is 0.308 e. The summed E-state index contributed by atoms with van der Waals surface area (Å²) >= 11 is 0. The Kier molecular flexibility index (Phi) is 10.3. The van der Waals surface area contributed by atoms with Crippen molar-refractivity contribution in [1.29, 1.82) is 0 Å². The van der Waals surface area contributed by atoms with Crippen LogP contribution in [0.2, 0.25) is 0 Å². The molecule has 1 fully saturated rings. The zero-order valence-corrected chi connectivity index (χ0v) is 21.3. The van der Waals surface area contributed by atoms with Gasteiger partial charge in [0.1, 0.15) is 17.2 Å². The lowest BCUT2D eigenvalue weighted by Gasteiger charge is -2.36. The van der Waals surface area contributed by atoms with Crippen LogP contribution >= 0.6 is 12.4 Å². The topological polar surface area (TPSA) is 51.2 Å². The quantitative estimate of drug-likeness (QED) is 0.290. The normalized spacial score (nSPS) is 13.9. The Morgan fingerprint density at radius 2 is 1.67 bits per heavy atom. The first-order valence-corrected chi connectivity index (χ1v) is 11.4. The molecule has 2 aromatic carbocycles. The molecule has 0 radical (unpaired) electrons. The molecule has 7 heteroatoms. The highest BCUT2D eigenvalue weighted by Crippen LogP contribution is 2.33. The van der Waals surface area contributed by atoms with Gasteiger partial charge in [0, 0.05) is 33.1 Å². The van der Waals surface area contributed by atoms with Crippen molar-refractivity contribution in [1.82, 2.24) is 4.90 Å². The Morgan fingerprint density at radius 1 is 0.970 bits per heavy atom. The highest BCUT2D eigenvalue weighted by Gasteiger charge is 2.19. The summed E-state index contributed by atoms with van der Waals surface area (Å²) in [4.78, 5) is 16.3. The number of methoxy groups -OCH3 is 1. The maximum atomic E-state index is 11.3. The minimum atomic E-state index is -0.298. The van der Waals surface area contributed by atoms with E-state index in [-0.39, 0.29) is 18.4 Å². The van der Waals surface area contributed by atoms with Gasteiger partial charge in [-0.2, -0.15) is 0 Å². The van der Waals surface area contributed by atoms with Gasteiger partial charge in [0.25, 0.3) is 0 Å². The summed E-state index contributed by atoms with van der Waals surface area (Å²) in [5, 5.41) is 0. The highest BCUT2D eigenvalue weighted by atomic mass is 35.5. The number of carbonyl (C=O) groups excluding carboxylic acids is 1. The van der Waals surface area contributed by atoms with Gasteiger partial charge in [0.2, 0.25) is 0 Å². The minimum absolute atomic E-state index is 0. The van der Waals surface area contributed by atoms with Crippen LogP contribution in [0.1, 0.15) is 36.5 Å². The number of piperazine rings is 1. The summed E-state index contributed by atoms with van der Waals surface area (Å²) in [6.45, 7) is 13.3. The molecule has 0 aromatic heterocycles. The molecule has 0 aliphatic carbocycles. The van der Waals surface area contributed by atoms with Crippen molar-refractivity contribution in [3.05, 3.63) is 47.0 Å². The van der Waals surface area contributed by atoms with Gasteiger partial charge in [-0.3, -0.25) is 9.69 Å². The molecule has 2 aromatic rings. The number of aryl methyl sites for hydroxylation is 1. The van der Waals surface area contributed by atoms with Gasteiger partial charge < -0.3 is 19.1 Å². The number of esters is 1. The summed E-state index contributed by atoms with van der Waals surface area (Å²) in [6, 6.07) is 10.2. The van der Waals surface area contributed by atoms with Gasteiger partial charge in [-0.15, -0.1) is 12.4 Å². The van der Waals surface area contributed by atoms with Crippen LogP contribution in [0, 0.1) is 20.8 Å². The Labute approximate surface area is 204 Å². The number of benzene rings is 2. The predicted molar refractivity (Wildman–Crippen MR) is 136 cm³/mol. The van der Waals surface area contributed by atoms with Crippen molar-refractivity contribution in [2.75, 3.05) is 51.3 Å². The van der Waals surface area contributed by atoms with Crippen LogP contribution < -0.4 is 19.1 Å². The first-order valence-electron chi connectivity index (χ1n) is 11.4. The van der Waals surface area contributed by atoms with Crippen molar-refractivity contribution in [2.24, 2.45) is 0 Å². The van der Waals surface area contributed by atoms with Crippen LogP contribution in [0.5, 0.6) is 17.2 Å². The predicted octanol–water partition coefficient (Wildman–Crippen LogP) is 4.95. The number of hydrogen-bond donors (Lipinski definition) is 0. The van der Waals surface area contributed by atoms with E-state index < -0.39 is 0 Å². The Bertz CT molecular complexity index is 927. The van der Waals surface area contributed by atoms with Crippen molar-refractivity contribution >= 4 is 24.1 Å². The number of hydrogen-bond acceptors (Lipinski definition) is 6. The second kappa shape index (κ2) is 12.7. The fourth-order valence-corrected chi connectivity index (χ4v) is 4.19. The molecule has 0 N–H and O–H groups in total. The summed E-state index contributed by atoms with van der Waals surface area (Å²) in [5.41, 5.74) is 4.09. The summed E-state index contributed by atoms with van der Waals surface area (Å²) in [6.07, 6.45) is 2.12.